The molecule has 0 saturated carbocycles. The van der Waals surface area contributed by atoms with Crippen LogP contribution in [-0.2, 0) is 17.8 Å². The average molecular weight is 393 g/mol. The molecule has 1 atom stereocenters. The van der Waals surface area contributed by atoms with Crippen molar-refractivity contribution in [3.8, 4) is 0 Å². The van der Waals surface area contributed by atoms with Gasteiger partial charge in [-0.3, -0.25) is 9.69 Å². The smallest absolute Gasteiger partial charge is 0.227 e. The molecule has 1 aromatic carbocycles. The van der Waals surface area contributed by atoms with Gasteiger partial charge in [-0.2, -0.15) is 4.98 Å². The molecule has 2 saturated heterocycles. The van der Waals surface area contributed by atoms with Crippen molar-refractivity contribution in [2.75, 3.05) is 19.6 Å². The fourth-order valence-electron chi connectivity index (χ4n) is 4.59. The number of aryl methyl sites for hydroxylation is 1. The molecule has 0 unspecified atom stereocenters. The number of aromatic nitrogens is 3. The molecule has 1 amide bonds. The molecule has 29 heavy (non-hydrogen) atoms. The number of nitrogens with zero attached hydrogens (tertiary/aromatic N) is 4. The topological polar surface area (TPSA) is 78.3 Å². The van der Waals surface area contributed by atoms with Crippen LogP contribution >= 0.6 is 0 Å². The molecule has 7 heteroatoms. The van der Waals surface area contributed by atoms with Gasteiger partial charge in [-0.1, -0.05) is 11.2 Å². The van der Waals surface area contributed by atoms with E-state index >= 15 is 0 Å². The van der Waals surface area contributed by atoms with Gasteiger partial charge in [0.1, 0.15) is 0 Å². The van der Waals surface area contributed by atoms with Crippen molar-refractivity contribution in [2.24, 2.45) is 0 Å². The van der Waals surface area contributed by atoms with Crippen molar-refractivity contribution in [1.29, 1.82) is 0 Å². The van der Waals surface area contributed by atoms with Gasteiger partial charge in [-0.25, -0.2) is 0 Å². The van der Waals surface area contributed by atoms with Crippen molar-refractivity contribution in [1.82, 2.24) is 24.9 Å². The first-order valence-corrected chi connectivity index (χ1v) is 10.7. The maximum Gasteiger partial charge on any atom is 0.227 e. The molecule has 0 aliphatic carbocycles. The number of likely N-dealkylation sites (tertiary alicyclic amines) is 2. The fraction of sp³-hybridized carbons (Fsp3) is 0.500. The van der Waals surface area contributed by atoms with Gasteiger partial charge in [0.05, 0.1) is 6.04 Å². The Morgan fingerprint density at radius 3 is 2.97 bits per heavy atom. The largest absolute Gasteiger partial charge is 0.361 e. The van der Waals surface area contributed by atoms with Crippen molar-refractivity contribution in [2.45, 2.75) is 51.1 Å². The molecule has 0 radical (unpaired) electrons. The minimum absolute atomic E-state index is 0.184. The van der Waals surface area contributed by atoms with E-state index in [4.69, 9.17) is 4.52 Å². The summed E-state index contributed by atoms with van der Waals surface area (Å²) < 4.78 is 5.47. The Hall–Kier alpha value is -2.67. The van der Waals surface area contributed by atoms with E-state index in [1.807, 2.05) is 11.1 Å². The minimum Gasteiger partial charge on any atom is -0.361 e. The highest BCUT2D eigenvalue weighted by Gasteiger charge is 2.30. The Bertz CT molecular complexity index is 988. The third-order valence-corrected chi connectivity index (χ3v) is 6.16. The molecule has 2 aromatic heterocycles. The number of benzene rings is 1. The number of carbonyl (C=O) groups is 1. The zero-order valence-electron chi connectivity index (χ0n) is 16.6. The first-order valence-electron chi connectivity index (χ1n) is 10.7. The highest BCUT2D eigenvalue weighted by atomic mass is 16.5. The highest BCUT2D eigenvalue weighted by Crippen LogP contribution is 2.32. The standard InChI is InChI=1S/C22H27N5O2/c28-21(26-11-1-2-12-26)8-7-20-24-22(25-29-20)19-4-3-13-27(19)15-16-5-6-18-17(14-16)9-10-23-18/h5-6,9-10,14,19,23H,1-4,7-8,11-13,15H2/t19-/m0/s1. The summed E-state index contributed by atoms with van der Waals surface area (Å²) >= 11 is 0. The number of fused-ring (bicyclic) bond motifs is 1. The third kappa shape index (κ3) is 3.92. The Labute approximate surface area is 170 Å². The molecule has 3 aromatic rings. The van der Waals surface area contributed by atoms with E-state index in [2.05, 4.69) is 44.3 Å². The molecule has 2 fully saturated rings. The number of amides is 1. The normalized spacial score (nSPS) is 20.1. The molecule has 152 valence electrons. The van der Waals surface area contributed by atoms with Crippen LogP contribution in [0.2, 0.25) is 0 Å². The van der Waals surface area contributed by atoms with Gasteiger partial charge in [0, 0.05) is 44.2 Å². The first kappa shape index (κ1) is 18.4. The van der Waals surface area contributed by atoms with Crippen LogP contribution in [0.15, 0.2) is 35.0 Å². The number of hydrogen-bond donors (Lipinski definition) is 1. The number of carbonyl (C=O) groups excluding carboxylic acids is 1. The van der Waals surface area contributed by atoms with Crippen LogP contribution in [0.5, 0.6) is 0 Å². The van der Waals surface area contributed by atoms with Gasteiger partial charge in [0.15, 0.2) is 5.82 Å². The molecular formula is C22H27N5O2. The first-order chi connectivity index (χ1) is 14.3. The van der Waals surface area contributed by atoms with Gasteiger partial charge >= 0.3 is 0 Å². The summed E-state index contributed by atoms with van der Waals surface area (Å²) in [5.74, 6) is 1.53. The number of aromatic amines is 1. The van der Waals surface area contributed by atoms with E-state index in [1.165, 1.54) is 10.9 Å². The monoisotopic (exact) mass is 393 g/mol. The third-order valence-electron chi connectivity index (χ3n) is 6.16. The van der Waals surface area contributed by atoms with Crippen LogP contribution < -0.4 is 0 Å². The number of nitrogens with one attached hydrogen (secondary N) is 1. The van der Waals surface area contributed by atoms with Crippen LogP contribution in [-0.4, -0.2) is 50.5 Å². The average Bonchev–Trinajstić information content (AvgIpc) is 3.53. The van der Waals surface area contributed by atoms with Gasteiger partial charge in [-0.15, -0.1) is 0 Å². The summed E-state index contributed by atoms with van der Waals surface area (Å²) in [6.07, 6.45) is 7.36. The molecule has 2 aliphatic rings. The second-order valence-corrected chi connectivity index (χ2v) is 8.16. The number of rotatable bonds is 6. The second kappa shape index (κ2) is 7.99. The van der Waals surface area contributed by atoms with Crippen molar-refractivity contribution in [3.63, 3.8) is 0 Å². The van der Waals surface area contributed by atoms with E-state index < -0.39 is 0 Å². The number of hydrogen-bond acceptors (Lipinski definition) is 5. The summed E-state index contributed by atoms with van der Waals surface area (Å²) in [6.45, 7) is 3.69. The molecular weight excluding hydrogens is 366 g/mol. The summed E-state index contributed by atoms with van der Waals surface area (Å²) in [6, 6.07) is 8.85. The molecule has 2 aliphatic heterocycles. The highest BCUT2D eigenvalue weighted by molar-refractivity contribution is 5.79. The summed E-state index contributed by atoms with van der Waals surface area (Å²) in [5, 5.41) is 5.49. The zero-order valence-corrected chi connectivity index (χ0v) is 16.6. The van der Waals surface area contributed by atoms with E-state index in [-0.39, 0.29) is 11.9 Å². The van der Waals surface area contributed by atoms with Crippen LogP contribution in [0.25, 0.3) is 10.9 Å². The van der Waals surface area contributed by atoms with Crippen LogP contribution in [0.3, 0.4) is 0 Å². The number of H-pyrrole nitrogens is 1. The zero-order chi connectivity index (χ0) is 19.6. The molecule has 0 spiro atoms. The van der Waals surface area contributed by atoms with Crippen molar-refractivity contribution in [3.05, 3.63) is 47.7 Å². The summed E-state index contributed by atoms with van der Waals surface area (Å²) in [7, 11) is 0. The maximum absolute atomic E-state index is 12.2. The SMILES string of the molecule is O=C(CCc1nc([C@@H]2CCCN2Cc2ccc3[nH]ccc3c2)no1)N1CCCC1. The van der Waals surface area contributed by atoms with E-state index in [0.29, 0.717) is 18.7 Å². The fourth-order valence-corrected chi connectivity index (χ4v) is 4.59. The molecule has 0 bridgehead atoms. The maximum atomic E-state index is 12.2. The van der Waals surface area contributed by atoms with Crippen LogP contribution in [0.4, 0.5) is 0 Å². The predicted molar refractivity (Wildman–Crippen MR) is 109 cm³/mol. The molecule has 5 rings (SSSR count). The van der Waals surface area contributed by atoms with E-state index in [9.17, 15) is 4.79 Å². The summed E-state index contributed by atoms with van der Waals surface area (Å²) in [5.41, 5.74) is 2.46. The van der Waals surface area contributed by atoms with Gasteiger partial charge in [0.2, 0.25) is 11.8 Å². The van der Waals surface area contributed by atoms with Gasteiger partial charge in [-0.05, 0) is 61.4 Å². The van der Waals surface area contributed by atoms with Crippen LogP contribution in [0, 0.1) is 0 Å². The summed E-state index contributed by atoms with van der Waals surface area (Å²) in [4.78, 5) is 24.5. The minimum atomic E-state index is 0.184. The van der Waals surface area contributed by atoms with Gasteiger partial charge in [0.25, 0.3) is 0 Å². The quantitative estimate of drug-likeness (QED) is 0.694. The van der Waals surface area contributed by atoms with Crippen molar-refractivity contribution >= 4 is 16.8 Å². The van der Waals surface area contributed by atoms with Crippen LogP contribution in [0.1, 0.15) is 55.4 Å². The Morgan fingerprint density at radius 2 is 2.07 bits per heavy atom. The van der Waals surface area contributed by atoms with E-state index in [0.717, 1.165) is 63.2 Å². The van der Waals surface area contributed by atoms with Gasteiger partial charge < -0.3 is 14.4 Å². The molecule has 1 N–H and O–H groups in total. The second-order valence-electron chi connectivity index (χ2n) is 8.16. The molecule has 7 nitrogen and oxygen atoms in total. The Kier molecular flexibility index (Phi) is 5.06. The lowest BCUT2D eigenvalue weighted by Gasteiger charge is -2.21. The molecule has 4 heterocycles. The lowest BCUT2D eigenvalue weighted by molar-refractivity contribution is -0.130. The van der Waals surface area contributed by atoms with Crippen molar-refractivity contribution < 1.29 is 9.32 Å². The lowest BCUT2D eigenvalue weighted by Crippen LogP contribution is -2.27. The Balaban J connectivity index is 1.22. The lowest BCUT2D eigenvalue weighted by atomic mass is 10.1. The Morgan fingerprint density at radius 1 is 1.17 bits per heavy atom. The van der Waals surface area contributed by atoms with E-state index in [1.54, 1.807) is 0 Å². The predicted octanol–water partition coefficient (Wildman–Crippen LogP) is 3.44.